The van der Waals surface area contributed by atoms with Crippen molar-refractivity contribution < 1.29 is 21.3 Å². The lowest BCUT2D eigenvalue weighted by molar-refractivity contribution is -0.518. The molecule has 0 unspecified atom stereocenters. The third-order valence-corrected chi connectivity index (χ3v) is 4.03. The number of hydrogen-bond donors (Lipinski definition) is 0. The molecular formula is C14H11ClN2O2S. The molecule has 0 bridgehead atoms. The van der Waals surface area contributed by atoms with Crippen LogP contribution in [0.25, 0.3) is 15.8 Å². The monoisotopic (exact) mass is 306 g/mol. The van der Waals surface area contributed by atoms with Gasteiger partial charge in [0.25, 0.3) is 5.69 Å². The average Bonchev–Trinajstić information content (AvgIpc) is 2.82. The Morgan fingerprint density at radius 1 is 1.15 bits per heavy atom. The first-order valence-corrected chi connectivity index (χ1v) is 6.58. The van der Waals surface area contributed by atoms with Crippen LogP contribution >= 0.6 is 11.5 Å². The van der Waals surface area contributed by atoms with Crippen LogP contribution in [0.5, 0.6) is 0 Å². The van der Waals surface area contributed by atoms with Gasteiger partial charge in [-0.15, -0.1) is 3.96 Å². The SMILES string of the molecule is Cc1ccc(-[n+]2cc3cc([N+](=O)[O-])ccc3s2)cc1.[Cl-]. The number of benzene rings is 2. The van der Waals surface area contributed by atoms with Crippen LogP contribution in [0, 0.1) is 17.0 Å². The van der Waals surface area contributed by atoms with Crippen LogP contribution in [0.3, 0.4) is 0 Å². The minimum atomic E-state index is -0.368. The summed E-state index contributed by atoms with van der Waals surface area (Å²) in [7, 11) is 0. The van der Waals surface area contributed by atoms with Crippen LogP contribution in [0.2, 0.25) is 0 Å². The second-order valence-electron chi connectivity index (χ2n) is 4.36. The van der Waals surface area contributed by atoms with Crippen LogP contribution < -0.4 is 16.4 Å². The molecule has 0 amide bonds. The van der Waals surface area contributed by atoms with Gasteiger partial charge in [0.1, 0.15) is 16.2 Å². The van der Waals surface area contributed by atoms with Gasteiger partial charge in [0.2, 0.25) is 5.69 Å². The van der Waals surface area contributed by atoms with Gasteiger partial charge in [-0.05, 0) is 13.0 Å². The second kappa shape index (κ2) is 5.56. The lowest BCUT2D eigenvalue weighted by Crippen LogP contribution is -3.00. The zero-order chi connectivity index (χ0) is 13.4. The Labute approximate surface area is 126 Å². The molecule has 0 spiro atoms. The van der Waals surface area contributed by atoms with Crippen molar-refractivity contribution in [2.45, 2.75) is 6.92 Å². The molecule has 102 valence electrons. The molecule has 0 aliphatic carbocycles. The number of aryl methyl sites for hydroxylation is 1. The van der Waals surface area contributed by atoms with E-state index in [1.165, 1.54) is 11.6 Å². The summed E-state index contributed by atoms with van der Waals surface area (Å²) in [4.78, 5) is 10.4. The van der Waals surface area contributed by atoms with Gasteiger partial charge in [-0.25, -0.2) is 0 Å². The summed E-state index contributed by atoms with van der Waals surface area (Å²) in [5.74, 6) is 0. The average molecular weight is 307 g/mol. The Balaban J connectivity index is 0.00000147. The van der Waals surface area contributed by atoms with E-state index in [2.05, 4.69) is 12.1 Å². The minimum absolute atomic E-state index is 0. The first-order valence-electron chi connectivity index (χ1n) is 5.81. The lowest BCUT2D eigenvalue weighted by atomic mass is 10.2. The normalized spacial score (nSPS) is 10.2. The molecule has 1 aromatic heterocycles. The molecule has 0 fully saturated rings. The first kappa shape index (κ1) is 14.4. The zero-order valence-electron chi connectivity index (χ0n) is 10.6. The van der Waals surface area contributed by atoms with E-state index < -0.39 is 0 Å². The Kier molecular flexibility index (Phi) is 4.01. The molecule has 2 aromatic carbocycles. The molecule has 0 atom stereocenters. The van der Waals surface area contributed by atoms with Crippen LogP contribution in [-0.4, -0.2) is 4.92 Å². The standard InChI is InChI=1S/C14H11N2O2S.ClH/c1-10-2-4-12(5-3-10)15-9-11-8-13(16(17)18)6-7-14(11)19-15;/h2-9H,1H3;1H/q+1;/p-1. The maximum absolute atomic E-state index is 10.8. The first-order chi connectivity index (χ1) is 9.13. The van der Waals surface area contributed by atoms with Crippen LogP contribution in [0.4, 0.5) is 5.69 Å². The Hall–Kier alpha value is -1.98. The Morgan fingerprint density at radius 2 is 1.85 bits per heavy atom. The highest BCUT2D eigenvalue weighted by Gasteiger charge is 2.15. The maximum Gasteiger partial charge on any atom is 0.270 e. The van der Waals surface area contributed by atoms with Crippen LogP contribution in [0.1, 0.15) is 5.56 Å². The molecule has 0 saturated heterocycles. The van der Waals surface area contributed by atoms with Gasteiger partial charge >= 0.3 is 0 Å². The van der Waals surface area contributed by atoms with Gasteiger partial charge in [-0.3, -0.25) is 10.1 Å². The van der Waals surface area contributed by atoms with Crippen LogP contribution in [0.15, 0.2) is 48.7 Å². The van der Waals surface area contributed by atoms with E-state index >= 15 is 0 Å². The van der Waals surface area contributed by atoms with E-state index in [9.17, 15) is 10.1 Å². The minimum Gasteiger partial charge on any atom is -1.00 e. The predicted molar refractivity (Wildman–Crippen MR) is 74.7 cm³/mol. The van der Waals surface area contributed by atoms with Gasteiger partial charge in [-0.2, -0.15) is 0 Å². The van der Waals surface area contributed by atoms with Crippen molar-refractivity contribution in [2.75, 3.05) is 0 Å². The molecule has 0 aliphatic rings. The summed E-state index contributed by atoms with van der Waals surface area (Å²) in [6, 6.07) is 13.1. The molecule has 1 heterocycles. The van der Waals surface area contributed by atoms with E-state index in [1.54, 1.807) is 23.7 Å². The largest absolute Gasteiger partial charge is 1.00 e. The zero-order valence-corrected chi connectivity index (χ0v) is 12.2. The number of halogens is 1. The topological polar surface area (TPSA) is 47.0 Å². The molecule has 0 radical (unpaired) electrons. The van der Waals surface area contributed by atoms with E-state index in [-0.39, 0.29) is 23.0 Å². The summed E-state index contributed by atoms with van der Waals surface area (Å²) >= 11 is 1.57. The van der Waals surface area contributed by atoms with Crippen molar-refractivity contribution in [3.05, 3.63) is 64.3 Å². The summed E-state index contributed by atoms with van der Waals surface area (Å²) in [5, 5.41) is 11.6. The summed E-state index contributed by atoms with van der Waals surface area (Å²) < 4.78 is 3.06. The number of non-ortho nitro benzene ring substituents is 1. The van der Waals surface area contributed by atoms with Gasteiger partial charge in [0.15, 0.2) is 6.20 Å². The summed E-state index contributed by atoms with van der Waals surface area (Å²) in [5.41, 5.74) is 2.40. The molecule has 6 heteroatoms. The fourth-order valence-electron chi connectivity index (χ4n) is 1.91. The highest BCUT2D eigenvalue weighted by molar-refractivity contribution is 7.09. The quantitative estimate of drug-likeness (QED) is 0.391. The highest BCUT2D eigenvalue weighted by Crippen LogP contribution is 2.23. The van der Waals surface area contributed by atoms with Crippen molar-refractivity contribution in [1.82, 2.24) is 0 Å². The summed E-state index contributed by atoms with van der Waals surface area (Å²) in [6.45, 7) is 2.04. The predicted octanol–water partition coefficient (Wildman–Crippen LogP) is 0.399. The van der Waals surface area contributed by atoms with Gasteiger partial charge in [0, 0.05) is 24.3 Å². The van der Waals surface area contributed by atoms with Gasteiger partial charge < -0.3 is 12.4 Å². The maximum atomic E-state index is 10.8. The molecule has 0 aliphatic heterocycles. The third kappa shape index (κ3) is 2.64. The highest BCUT2D eigenvalue weighted by atomic mass is 35.5. The number of rotatable bonds is 2. The number of hydrogen-bond acceptors (Lipinski definition) is 3. The number of nitro benzene ring substituents is 1. The van der Waals surface area contributed by atoms with Crippen molar-refractivity contribution in [2.24, 2.45) is 0 Å². The smallest absolute Gasteiger partial charge is 0.270 e. The fraction of sp³-hybridized carbons (Fsp3) is 0.0714. The van der Waals surface area contributed by atoms with Crippen molar-refractivity contribution in [3.63, 3.8) is 0 Å². The molecular weight excluding hydrogens is 296 g/mol. The second-order valence-corrected chi connectivity index (χ2v) is 5.38. The van der Waals surface area contributed by atoms with Crippen molar-refractivity contribution in [1.29, 1.82) is 0 Å². The van der Waals surface area contributed by atoms with E-state index in [4.69, 9.17) is 0 Å². The van der Waals surface area contributed by atoms with Gasteiger partial charge in [0.05, 0.1) is 10.3 Å². The Bertz CT molecular complexity index is 768. The molecule has 4 nitrogen and oxygen atoms in total. The molecule has 0 saturated carbocycles. The third-order valence-electron chi connectivity index (χ3n) is 2.95. The van der Waals surface area contributed by atoms with E-state index in [0.717, 1.165) is 15.8 Å². The Morgan fingerprint density at radius 3 is 2.50 bits per heavy atom. The number of nitrogens with zero attached hydrogens (tertiary/aromatic N) is 2. The fourth-order valence-corrected chi connectivity index (χ4v) is 2.86. The number of nitro groups is 1. The lowest BCUT2D eigenvalue weighted by Gasteiger charge is -1.90. The summed E-state index contributed by atoms with van der Waals surface area (Å²) in [6.07, 6.45) is 1.93. The van der Waals surface area contributed by atoms with E-state index in [1.807, 2.05) is 29.2 Å². The molecule has 0 N–H and O–H groups in total. The van der Waals surface area contributed by atoms with E-state index in [0.29, 0.717) is 0 Å². The van der Waals surface area contributed by atoms with Crippen molar-refractivity contribution >= 4 is 27.3 Å². The molecule has 3 rings (SSSR count). The van der Waals surface area contributed by atoms with Crippen molar-refractivity contribution in [3.8, 4) is 5.69 Å². The molecule has 20 heavy (non-hydrogen) atoms. The number of fused-ring (bicyclic) bond motifs is 1. The van der Waals surface area contributed by atoms with Crippen LogP contribution in [-0.2, 0) is 0 Å². The van der Waals surface area contributed by atoms with Gasteiger partial charge in [-0.1, -0.05) is 17.7 Å². The molecule has 3 aromatic rings. The number of aromatic nitrogens is 1.